The zero-order valence-corrected chi connectivity index (χ0v) is 12.0. The summed E-state index contributed by atoms with van der Waals surface area (Å²) < 4.78 is 42.9. The molecular weight excluding hydrogens is 313 g/mol. The number of carbonyl (C=O) groups is 1. The van der Waals surface area contributed by atoms with Crippen molar-refractivity contribution in [1.29, 1.82) is 0 Å². The molecule has 0 aliphatic heterocycles. The van der Waals surface area contributed by atoms with Gasteiger partial charge in [-0.3, -0.25) is 9.59 Å². The third-order valence-corrected chi connectivity index (χ3v) is 3.00. The number of carbonyl (C=O) groups excluding carboxylic acids is 1. The summed E-state index contributed by atoms with van der Waals surface area (Å²) in [6.07, 6.45) is -4.16. The van der Waals surface area contributed by atoms with E-state index in [0.717, 1.165) is 0 Å². The maximum absolute atomic E-state index is 12.6. The number of alkyl halides is 3. The van der Waals surface area contributed by atoms with Gasteiger partial charge in [0.25, 0.3) is 5.56 Å². The highest BCUT2D eigenvalue weighted by atomic mass is 19.4. The van der Waals surface area contributed by atoms with Gasteiger partial charge >= 0.3 is 6.18 Å². The average molecular weight is 326 g/mol. The summed E-state index contributed by atoms with van der Waals surface area (Å²) in [5.74, 6) is -0.0599. The number of hydrogen-bond donors (Lipinski definition) is 2. The van der Waals surface area contributed by atoms with Crippen LogP contribution in [0, 0.1) is 0 Å². The topological polar surface area (TPSA) is 71.2 Å². The van der Waals surface area contributed by atoms with Gasteiger partial charge in [0.2, 0.25) is 5.91 Å². The van der Waals surface area contributed by atoms with Crippen molar-refractivity contribution in [1.82, 2.24) is 4.98 Å². The van der Waals surface area contributed by atoms with Crippen LogP contribution in [-0.4, -0.2) is 18.0 Å². The Morgan fingerprint density at radius 2 is 2.04 bits per heavy atom. The fraction of sp³-hybridized carbons (Fsp3) is 0.200. The van der Waals surface area contributed by atoms with Crippen LogP contribution < -0.4 is 15.6 Å². The normalized spacial score (nSPS) is 11.1. The van der Waals surface area contributed by atoms with Gasteiger partial charge in [-0.1, -0.05) is 12.1 Å². The highest BCUT2D eigenvalue weighted by Crippen LogP contribution is 2.29. The van der Waals surface area contributed by atoms with E-state index in [9.17, 15) is 22.8 Å². The number of halogens is 3. The summed E-state index contributed by atoms with van der Waals surface area (Å²) in [5, 5.41) is 2.19. The molecule has 1 aromatic carbocycles. The van der Waals surface area contributed by atoms with Crippen LogP contribution in [0.4, 0.5) is 18.9 Å². The molecule has 0 aliphatic rings. The van der Waals surface area contributed by atoms with E-state index in [4.69, 9.17) is 4.74 Å². The first-order chi connectivity index (χ1) is 10.8. The molecule has 0 aliphatic carbocycles. The number of ether oxygens (including phenoxy) is 1. The van der Waals surface area contributed by atoms with Crippen molar-refractivity contribution < 1.29 is 22.7 Å². The first-order valence-electron chi connectivity index (χ1n) is 6.52. The molecule has 5 nitrogen and oxygen atoms in total. The highest BCUT2D eigenvalue weighted by molar-refractivity contribution is 5.92. The second kappa shape index (κ2) is 6.55. The molecule has 2 rings (SSSR count). The van der Waals surface area contributed by atoms with Crippen molar-refractivity contribution in [2.24, 2.45) is 0 Å². The van der Waals surface area contributed by atoms with E-state index >= 15 is 0 Å². The molecule has 0 bridgehead atoms. The van der Waals surface area contributed by atoms with Crippen molar-refractivity contribution >= 4 is 11.6 Å². The molecular formula is C15H13F3N2O3. The summed E-state index contributed by atoms with van der Waals surface area (Å²) in [6, 6.07) is 7.26. The summed E-state index contributed by atoms with van der Waals surface area (Å²) in [5.41, 5.74) is -1.70. The predicted octanol–water partition coefficient (Wildman–Crippen LogP) is 2.58. The van der Waals surface area contributed by atoms with Gasteiger partial charge < -0.3 is 15.0 Å². The van der Waals surface area contributed by atoms with Gasteiger partial charge in [0, 0.05) is 6.20 Å². The Balaban J connectivity index is 2.15. The van der Waals surface area contributed by atoms with Crippen LogP contribution in [0.1, 0.15) is 11.1 Å². The van der Waals surface area contributed by atoms with E-state index in [2.05, 4.69) is 5.32 Å². The minimum absolute atomic E-state index is 0.104. The number of anilines is 1. The SMILES string of the molecule is COc1cccc(CC(=O)Nc2cc(C(F)(F)F)c[nH]c2=O)c1. The van der Waals surface area contributed by atoms with Gasteiger partial charge in [-0.05, 0) is 23.8 Å². The number of amides is 1. The lowest BCUT2D eigenvalue weighted by molar-refractivity contribution is -0.137. The Bertz CT molecular complexity index is 769. The number of aromatic nitrogens is 1. The van der Waals surface area contributed by atoms with Crippen LogP contribution in [0.15, 0.2) is 41.3 Å². The Hall–Kier alpha value is -2.77. The molecule has 2 N–H and O–H groups in total. The van der Waals surface area contributed by atoms with Crippen molar-refractivity contribution in [2.75, 3.05) is 12.4 Å². The van der Waals surface area contributed by atoms with Crippen LogP contribution in [-0.2, 0) is 17.4 Å². The molecule has 0 spiro atoms. The maximum atomic E-state index is 12.6. The summed E-state index contributed by atoms with van der Waals surface area (Å²) in [7, 11) is 1.47. The van der Waals surface area contributed by atoms with E-state index < -0.39 is 28.9 Å². The molecule has 0 fully saturated rings. The molecule has 122 valence electrons. The third-order valence-electron chi connectivity index (χ3n) is 3.00. The second-order valence-electron chi connectivity index (χ2n) is 4.71. The second-order valence-corrected chi connectivity index (χ2v) is 4.71. The summed E-state index contributed by atoms with van der Waals surface area (Å²) in [4.78, 5) is 25.4. The number of H-pyrrole nitrogens is 1. The highest BCUT2D eigenvalue weighted by Gasteiger charge is 2.31. The fourth-order valence-corrected chi connectivity index (χ4v) is 1.90. The third kappa shape index (κ3) is 4.35. The molecule has 0 radical (unpaired) electrons. The Labute approximate surface area is 129 Å². The predicted molar refractivity (Wildman–Crippen MR) is 77.4 cm³/mol. The van der Waals surface area contributed by atoms with Crippen LogP contribution >= 0.6 is 0 Å². The fourth-order valence-electron chi connectivity index (χ4n) is 1.90. The smallest absolute Gasteiger partial charge is 0.417 e. The van der Waals surface area contributed by atoms with Crippen LogP contribution in [0.5, 0.6) is 5.75 Å². The van der Waals surface area contributed by atoms with E-state index in [1.807, 2.05) is 4.98 Å². The van der Waals surface area contributed by atoms with Gasteiger partial charge in [-0.15, -0.1) is 0 Å². The van der Waals surface area contributed by atoms with Gasteiger partial charge in [0.05, 0.1) is 19.1 Å². The van der Waals surface area contributed by atoms with Crippen molar-refractivity contribution in [2.45, 2.75) is 12.6 Å². The quantitative estimate of drug-likeness (QED) is 0.907. The minimum Gasteiger partial charge on any atom is -0.497 e. The lowest BCUT2D eigenvalue weighted by Gasteiger charge is -2.09. The van der Waals surface area contributed by atoms with E-state index in [1.165, 1.54) is 7.11 Å². The van der Waals surface area contributed by atoms with Crippen LogP contribution in [0.25, 0.3) is 0 Å². The van der Waals surface area contributed by atoms with Crippen molar-refractivity contribution in [3.8, 4) is 5.75 Å². The van der Waals surface area contributed by atoms with Crippen molar-refractivity contribution in [3.63, 3.8) is 0 Å². The molecule has 8 heteroatoms. The number of benzene rings is 1. The standard InChI is InChI=1S/C15H13F3N2O3/c1-23-11-4-2-3-9(5-11)6-13(21)20-12-7-10(15(16,17)18)8-19-14(12)22/h2-5,7-8H,6H2,1H3,(H,19,22)(H,20,21). The first kappa shape index (κ1) is 16.6. The molecule has 0 unspecified atom stereocenters. The molecule has 1 aromatic heterocycles. The molecule has 2 aromatic rings. The number of nitrogens with one attached hydrogen (secondary N) is 2. The maximum Gasteiger partial charge on any atom is 0.417 e. The Kier molecular flexibility index (Phi) is 4.73. The van der Waals surface area contributed by atoms with E-state index in [-0.39, 0.29) is 6.42 Å². The molecule has 0 saturated carbocycles. The molecule has 1 heterocycles. The number of rotatable bonds is 4. The number of pyridine rings is 1. The first-order valence-corrected chi connectivity index (χ1v) is 6.52. The zero-order chi connectivity index (χ0) is 17.0. The van der Waals surface area contributed by atoms with Crippen LogP contribution in [0.3, 0.4) is 0 Å². The van der Waals surface area contributed by atoms with Gasteiger partial charge in [0.1, 0.15) is 11.4 Å². The molecule has 0 atom stereocenters. The minimum atomic E-state index is -4.61. The Morgan fingerprint density at radius 1 is 1.30 bits per heavy atom. The summed E-state index contributed by atoms with van der Waals surface area (Å²) in [6.45, 7) is 0. The van der Waals surface area contributed by atoms with Gasteiger partial charge in [0.15, 0.2) is 0 Å². The molecule has 1 amide bonds. The lowest BCUT2D eigenvalue weighted by Crippen LogP contribution is -2.22. The number of hydrogen-bond acceptors (Lipinski definition) is 3. The zero-order valence-electron chi connectivity index (χ0n) is 12.0. The molecule has 23 heavy (non-hydrogen) atoms. The number of aromatic amines is 1. The molecule has 0 saturated heterocycles. The van der Waals surface area contributed by atoms with E-state index in [0.29, 0.717) is 23.6 Å². The largest absolute Gasteiger partial charge is 0.497 e. The van der Waals surface area contributed by atoms with Gasteiger partial charge in [-0.25, -0.2) is 0 Å². The average Bonchev–Trinajstić information content (AvgIpc) is 2.48. The van der Waals surface area contributed by atoms with E-state index in [1.54, 1.807) is 24.3 Å². The number of methoxy groups -OCH3 is 1. The Morgan fingerprint density at radius 3 is 2.70 bits per heavy atom. The lowest BCUT2D eigenvalue weighted by atomic mass is 10.1. The monoisotopic (exact) mass is 326 g/mol. The van der Waals surface area contributed by atoms with Crippen LogP contribution in [0.2, 0.25) is 0 Å². The van der Waals surface area contributed by atoms with Gasteiger partial charge in [-0.2, -0.15) is 13.2 Å². The van der Waals surface area contributed by atoms with Crippen molar-refractivity contribution in [3.05, 3.63) is 58.0 Å². The summed E-state index contributed by atoms with van der Waals surface area (Å²) >= 11 is 0.